The molecule has 0 amide bonds. The highest BCUT2D eigenvalue weighted by molar-refractivity contribution is 5.51. The first kappa shape index (κ1) is 25.1. The van der Waals surface area contributed by atoms with Gasteiger partial charge >= 0.3 is 0 Å². The molecule has 2 aromatic rings. The first-order valence-electron chi connectivity index (χ1n) is 11.3. The van der Waals surface area contributed by atoms with Crippen molar-refractivity contribution in [3.05, 3.63) is 52.6 Å². The van der Waals surface area contributed by atoms with Crippen LogP contribution in [0, 0.1) is 0 Å². The summed E-state index contributed by atoms with van der Waals surface area (Å²) in [5, 5.41) is 32.4. The van der Waals surface area contributed by atoms with Crippen LogP contribution in [0.1, 0.15) is 104 Å². The zero-order chi connectivity index (χ0) is 24.0. The molecule has 2 rings (SSSR count). The molecule has 0 fully saturated rings. The van der Waals surface area contributed by atoms with Gasteiger partial charge in [0.2, 0.25) is 0 Å². The van der Waals surface area contributed by atoms with Crippen LogP contribution in [0.2, 0.25) is 0 Å². The van der Waals surface area contributed by atoms with Crippen molar-refractivity contribution in [2.75, 3.05) is 0 Å². The minimum absolute atomic E-state index is 0.131. The molecule has 31 heavy (non-hydrogen) atoms. The average molecular weight is 427 g/mol. The van der Waals surface area contributed by atoms with Gasteiger partial charge in [0.05, 0.1) is 0 Å². The fourth-order valence-corrected chi connectivity index (χ4v) is 4.31. The first-order valence-corrected chi connectivity index (χ1v) is 11.3. The van der Waals surface area contributed by atoms with E-state index in [9.17, 15) is 15.3 Å². The summed E-state index contributed by atoms with van der Waals surface area (Å²) in [6, 6.07) is 9.46. The molecular formula is C28H42O3. The van der Waals surface area contributed by atoms with Gasteiger partial charge in [-0.2, -0.15) is 0 Å². The van der Waals surface area contributed by atoms with Gasteiger partial charge in [0.1, 0.15) is 17.2 Å². The molecule has 0 saturated heterocycles. The van der Waals surface area contributed by atoms with Gasteiger partial charge in [-0.15, -0.1) is 0 Å². The van der Waals surface area contributed by atoms with Gasteiger partial charge in [-0.1, -0.05) is 87.4 Å². The lowest BCUT2D eigenvalue weighted by atomic mass is 9.71. The van der Waals surface area contributed by atoms with Crippen molar-refractivity contribution in [2.24, 2.45) is 0 Å². The van der Waals surface area contributed by atoms with Gasteiger partial charge in [0.15, 0.2) is 0 Å². The second-order valence-corrected chi connectivity index (χ2v) is 12.4. The molecule has 0 radical (unpaired) electrons. The Hall–Kier alpha value is -2.16. The van der Waals surface area contributed by atoms with Gasteiger partial charge in [0.25, 0.3) is 0 Å². The summed E-state index contributed by atoms with van der Waals surface area (Å²) in [5.74, 6) is 0.832. The Morgan fingerprint density at radius 3 is 1.42 bits per heavy atom. The number of para-hydroxylation sites is 1. The van der Waals surface area contributed by atoms with Crippen LogP contribution in [0.3, 0.4) is 0 Å². The highest BCUT2D eigenvalue weighted by Crippen LogP contribution is 2.45. The Morgan fingerprint density at radius 2 is 0.935 bits per heavy atom. The number of phenolic OH excluding ortho intramolecular Hbond substituents is 3. The predicted octanol–water partition coefficient (Wildman–Crippen LogP) is 7.43. The maximum atomic E-state index is 11.0. The van der Waals surface area contributed by atoms with E-state index < -0.39 is 0 Å². The molecule has 0 bridgehead atoms. The van der Waals surface area contributed by atoms with Crippen molar-refractivity contribution in [3.63, 3.8) is 0 Å². The van der Waals surface area contributed by atoms with E-state index in [0.29, 0.717) is 5.75 Å². The molecule has 0 aliphatic carbocycles. The molecule has 3 nitrogen and oxygen atoms in total. The molecule has 0 saturated carbocycles. The predicted molar refractivity (Wildman–Crippen MR) is 131 cm³/mol. The van der Waals surface area contributed by atoms with E-state index in [1.807, 2.05) is 39.0 Å². The Bertz CT molecular complexity index is 938. The van der Waals surface area contributed by atoms with Crippen LogP contribution in [-0.4, -0.2) is 15.3 Å². The largest absolute Gasteiger partial charge is 0.508 e. The molecule has 0 spiro atoms. The van der Waals surface area contributed by atoms with Gasteiger partial charge in [0, 0.05) is 11.1 Å². The Kier molecular flexibility index (Phi) is 6.54. The van der Waals surface area contributed by atoms with Crippen molar-refractivity contribution in [3.8, 4) is 17.2 Å². The number of hydrogen-bond donors (Lipinski definition) is 3. The van der Waals surface area contributed by atoms with Crippen molar-refractivity contribution in [1.29, 1.82) is 0 Å². The van der Waals surface area contributed by atoms with Crippen LogP contribution in [0.15, 0.2) is 30.3 Å². The zero-order valence-corrected chi connectivity index (χ0v) is 21.1. The molecule has 3 heteroatoms. The lowest BCUT2D eigenvalue weighted by molar-refractivity contribution is 0.346. The van der Waals surface area contributed by atoms with Crippen molar-refractivity contribution >= 4 is 0 Å². The minimum atomic E-state index is -0.341. The summed E-state index contributed by atoms with van der Waals surface area (Å²) in [7, 11) is 0. The summed E-state index contributed by atoms with van der Waals surface area (Å²) >= 11 is 0. The van der Waals surface area contributed by atoms with E-state index in [4.69, 9.17) is 0 Å². The Labute approximate surface area is 189 Å². The second kappa shape index (κ2) is 8.07. The summed E-state index contributed by atoms with van der Waals surface area (Å²) < 4.78 is 0. The average Bonchev–Trinajstić information content (AvgIpc) is 2.60. The van der Waals surface area contributed by atoms with Crippen molar-refractivity contribution in [1.82, 2.24) is 0 Å². The molecule has 0 aromatic heterocycles. The van der Waals surface area contributed by atoms with E-state index in [1.165, 1.54) is 0 Å². The minimum Gasteiger partial charge on any atom is -0.508 e. The van der Waals surface area contributed by atoms with E-state index >= 15 is 0 Å². The quantitative estimate of drug-likeness (QED) is 0.436. The molecule has 2 aromatic carbocycles. The lowest BCUT2D eigenvalue weighted by Gasteiger charge is -2.34. The maximum absolute atomic E-state index is 11.0. The Morgan fingerprint density at radius 1 is 0.548 bits per heavy atom. The zero-order valence-electron chi connectivity index (χ0n) is 21.1. The van der Waals surface area contributed by atoms with E-state index in [0.717, 1.165) is 35.1 Å². The smallest absolute Gasteiger partial charge is 0.123 e. The lowest BCUT2D eigenvalue weighted by Crippen LogP contribution is -2.25. The monoisotopic (exact) mass is 426 g/mol. The summed E-state index contributed by atoms with van der Waals surface area (Å²) in [6.07, 6.45) is 1.61. The summed E-state index contributed by atoms with van der Waals surface area (Å²) in [6.45, 7) is 20.9. The topological polar surface area (TPSA) is 60.7 Å². The van der Waals surface area contributed by atoms with E-state index in [1.54, 1.807) is 12.1 Å². The molecule has 0 heterocycles. The molecule has 0 atom stereocenters. The third kappa shape index (κ3) is 5.37. The van der Waals surface area contributed by atoms with Crippen LogP contribution in [0.4, 0.5) is 0 Å². The molecule has 0 aliphatic rings. The maximum Gasteiger partial charge on any atom is 0.123 e. The van der Waals surface area contributed by atoms with Gasteiger partial charge in [-0.25, -0.2) is 0 Å². The van der Waals surface area contributed by atoms with Gasteiger partial charge in [-0.3, -0.25) is 0 Å². The SMILES string of the molecule is CC(C)(C)c1cc(O)c(C(C)(C)CCC(C)(C)c2cccc(C(C)(C)C)c2O)cc1O. The summed E-state index contributed by atoms with van der Waals surface area (Å²) in [5.41, 5.74) is 2.44. The van der Waals surface area contributed by atoms with Crippen molar-refractivity contribution in [2.45, 2.75) is 104 Å². The van der Waals surface area contributed by atoms with Crippen molar-refractivity contribution < 1.29 is 15.3 Å². The molecule has 172 valence electrons. The number of phenols is 3. The van der Waals surface area contributed by atoms with Gasteiger partial charge < -0.3 is 15.3 Å². The number of hydrogen-bond acceptors (Lipinski definition) is 3. The standard InChI is InChI=1S/C28H42O3/c1-25(2,3)18-12-11-13-19(24(18)31)27(7,8)14-15-28(9,10)21-17-22(29)20(16-23(21)30)26(4,5)6/h11-13,16-17,29-31H,14-15H2,1-10H3. The normalized spacial score (nSPS) is 13.5. The van der Waals surface area contributed by atoms with E-state index in [2.05, 4.69) is 48.5 Å². The van der Waals surface area contributed by atoms with Crippen LogP contribution in [-0.2, 0) is 21.7 Å². The fraction of sp³-hybridized carbons (Fsp3) is 0.571. The third-order valence-corrected chi connectivity index (χ3v) is 6.60. The second-order valence-electron chi connectivity index (χ2n) is 12.4. The van der Waals surface area contributed by atoms with Crippen LogP contribution >= 0.6 is 0 Å². The molecule has 0 aliphatic heterocycles. The first-order chi connectivity index (χ1) is 13.9. The van der Waals surface area contributed by atoms with E-state index in [-0.39, 0.29) is 33.2 Å². The van der Waals surface area contributed by atoms with Crippen LogP contribution in [0.25, 0.3) is 0 Å². The Balaban J connectivity index is 2.35. The number of benzene rings is 2. The summed E-state index contributed by atoms with van der Waals surface area (Å²) in [4.78, 5) is 0. The fourth-order valence-electron chi connectivity index (χ4n) is 4.31. The molecule has 3 N–H and O–H groups in total. The van der Waals surface area contributed by atoms with Gasteiger partial charge in [-0.05, 0) is 57.8 Å². The van der Waals surface area contributed by atoms with Crippen LogP contribution in [0.5, 0.6) is 17.2 Å². The number of aromatic hydroxyl groups is 3. The number of rotatable bonds is 5. The highest BCUT2D eigenvalue weighted by Gasteiger charge is 2.33. The molecule has 0 unspecified atom stereocenters. The van der Waals surface area contributed by atoms with Crippen LogP contribution < -0.4 is 0 Å². The third-order valence-electron chi connectivity index (χ3n) is 6.60. The highest BCUT2D eigenvalue weighted by atomic mass is 16.3. The molecular weight excluding hydrogens is 384 g/mol.